The third kappa shape index (κ3) is 1.96. The van der Waals surface area contributed by atoms with E-state index in [0.29, 0.717) is 0 Å². The van der Waals surface area contributed by atoms with Crippen molar-refractivity contribution in [3.8, 4) is 0 Å². The van der Waals surface area contributed by atoms with Crippen LogP contribution in [0.2, 0.25) is 0 Å². The van der Waals surface area contributed by atoms with Crippen molar-refractivity contribution < 1.29 is 0 Å². The molecule has 0 aliphatic carbocycles. The van der Waals surface area contributed by atoms with Gasteiger partial charge in [0.05, 0.1) is 0 Å². The minimum atomic E-state index is 0.924. The second kappa shape index (κ2) is 4.37. The van der Waals surface area contributed by atoms with E-state index >= 15 is 0 Å². The molecule has 0 heterocycles. The van der Waals surface area contributed by atoms with Gasteiger partial charge in [-0.3, -0.25) is 0 Å². The van der Waals surface area contributed by atoms with E-state index in [4.69, 9.17) is 0 Å². The van der Waals surface area contributed by atoms with E-state index in [1.807, 2.05) is 0 Å². The number of halogens is 1. The second-order valence-electron chi connectivity index (χ2n) is 3.18. The van der Waals surface area contributed by atoms with Gasteiger partial charge in [-0.1, -0.05) is 40.2 Å². The molecule has 2 rings (SSSR count). The molecule has 0 saturated heterocycles. The predicted octanol–water partition coefficient (Wildman–Crippen LogP) is 4.46. The van der Waals surface area contributed by atoms with Crippen molar-refractivity contribution in [2.45, 2.75) is 10.2 Å². The predicted molar refractivity (Wildman–Crippen MR) is 68.4 cm³/mol. The zero-order chi connectivity index (χ0) is 9.97. The number of alkyl halides is 1. The van der Waals surface area contributed by atoms with Gasteiger partial charge in [-0.2, -0.15) is 0 Å². The highest BCUT2D eigenvalue weighted by molar-refractivity contribution is 9.08. The lowest BCUT2D eigenvalue weighted by Gasteiger charge is -2.02. The van der Waals surface area contributed by atoms with E-state index in [1.165, 1.54) is 21.2 Å². The van der Waals surface area contributed by atoms with Gasteiger partial charge in [-0.15, -0.1) is 11.8 Å². The molecule has 0 bridgehead atoms. The Morgan fingerprint density at radius 2 is 1.79 bits per heavy atom. The largest absolute Gasteiger partial charge is 0.130 e. The number of rotatable bonds is 2. The van der Waals surface area contributed by atoms with Gasteiger partial charge in [0.25, 0.3) is 0 Å². The van der Waals surface area contributed by atoms with Gasteiger partial charge in [0, 0.05) is 10.2 Å². The summed E-state index contributed by atoms with van der Waals surface area (Å²) in [6.45, 7) is 0. The highest BCUT2D eigenvalue weighted by Gasteiger charge is 1.96. The SMILES string of the molecule is CSc1ccc2cc(CBr)ccc2c1. The van der Waals surface area contributed by atoms with E-state index < -0.39 is 0 Å². The summed E-state index contributed by atoms with van der Waals surface area (Å²) in [5.74, 6) is 0. The summed E-state index contributed by atoms with van der Waals surface area (Å²) in [7, 11) is 0. The Labute approximate surface area is 96.8 Å². The van der Waals surface area contributed by atoms with E-state index in [1.54, 1.807) is 11.8 Å². The third-order valence-electron chi connectivity index (χ3n) is 2.27. The fourth-order valence-electron chi connectivity index (χ4n) is 1.48. The highest BCUT2D eigenvalue weighted by Crippen LogP contribution is 2.23. The van der Waals surface area contributed by atoms with Crippen molar-refractivity contribution >= 4 is 38.5 Å². The standard InChI is InChI=1S/C12H11BrS/c1-14-12-5-4-10-6-9(8-13)2-3-11(10)7-12/h2-7H,8H2,1H3. The minimum absolute atomic E-state index is 0.924. The molecule has 0 aliphatic heterocycles. The zero-order valence-corrected chi connectivity index (χ0v) is 10.4. The molecular formula is C12H11BrS. The number of benzene rings is 2. The van der Waals surface area contributed by atoms with Crippen LogP contribution in [-0.4, -0.2) is 6.26 Å². The third-order valence-corrected chi connectivity index (χ3v) is 3.64. The molecule has 0 radical (unpaired) electrons. The summed E-state index contributed by atoms with van der Waals surface area (Å²) in [4.78, 5) is 1.32. The normalized spacial score (nSPS) is 10.7. The van der Waals surface area contributed by atoms with E-state index in [0.717, 1.165) is 5.33 Å². The molecule has 0 nitrogen and oxygen atoms in total. The van der Waals surface area contributed by atoms with Crippen molar-refractivity contribution in [2.24, 2.45) is 0 Å². The Morgan fingerprint density at radius 3 is 2.50 bits per heavy atom. The number of hydrogen-bond donors (Lipinski definition) is 0. The fourth-order valence-corrected chi connectivity index (χ4v) is 2.28. The first kappa shape index (κ1) is 10.1. The monoisotopic (exact) mass is 266 g/mol. The molecule has 0 amide bonds. The van der Waals surface area contributed by atoms with Crippen LogP contribution in [0.5, 0.6) is 0 Å². The van der Waals surface area contributed by atoms with Crippen LogP contribution >= 0.6 is 27.7 Å². The first-order chi connectivity index (χ1) is 6.83. The summed E-state index contributed by atoms with van der Waals surface area (Å²) in [6.07, 6.45) is 2.11. The quantitative estimate of drug-likeness (QED) is 0.572. The summed E-state index contributed by atoms with van der Waals surface area (Å²) in [6, 6.07) is 13.2. The molecule has 72 valence electrons. The molecule has 0 unspecified atom stereocenters. The summed E-state index contributed by atoms with van der Waals surface area (Å²) >= 11 is 5.25. The van der Waals surface area contributed by atoms with Crippen LogP contribution in [0.3, 0.4) is 0 Å². The summed E-state index contributed by atoms with van der Waals surface area (Å²) in [5, 5.41) is 3.56. The molecule has 0 aliphatic rings. The molecular weight excluding hydrogens is 256 g/mol. The van der Waals surface area contributed by atoms with Crippen LogP contribution in [0.1, 0.15) is 5.56 Å². The average molecular weight is 267 g/mol. The lowest BCUT2D eigenvalue weighted by Crippen LogP contribution is -1.79. The summed E-state index contributed by atoms with van der Waals surface area (Å²) < 4.78 is 0. The maximum Gasteiger partial charge on any atom is 0.0283 e. The molecule has 0 fully saturated rings. The van der Waals surface area contributed by atoms with Crippen molar-refractivity contribution in [1.29, 1.82) is 0 Å². The van der Waals surface area contributed by atoms with Crippen molar-refractivity contribution in [3.05, 3.63) is 42.0 Å². The second-order valence-corrected chi connectivity index (χ2v) is 4.62. The molecule has 2 heteroatoms. The minimum Gasteiger partial charge on any atom is -0.130 e. The lowest BCUT2D eigenvalue weighted by atomic mass is 10.1. The Kier molecular flexibility index (Phi) is 3.14. The van der Waals surface area contributed by atoms with Crippen LogP contribution in [0.25, 0.3) is 10.8 Å². The molecule has 0 N–H and O–H groups in total. The van der Waals surface area contributed by atoms with Crippen molar-refractivity contribution in [2.75, 3.05) is 6.26 Å². The number of thioether (sulfide) groups is 1. The Hall–Kier alpha value is -0.470. The van der Waals surface area contributed by atoms with Gasteiger partial charge in [0.2, 0.25) is 0 Å². The van der Waals surface area contributed by atoms with Crippen LogP contribution in [0.15, 0.2) is 41.3 Å². The summed E-state index contributed by atoms with van der Waals surface area (Å²) in [5.41, 5.74) is 1.33. The highest BCUT2D eigenvalue weighted by atomic mass is 79.9. The fraction of sp³-hybridized carbons (Fsp3) is 0.167. The molecule has 2 aromatic rings. The Morgan fingerprint density at radius 1 is 1.07 bits per heavy atom. The van der Waals surface area contributed by atoms with Crippen molar-refractivity contribution in [3.63, 3.8) is 0 Å². The van der Waals surface area contributed by atoms with E-state index in [2.05, 4.69) is 58.6 Å². The van der Waals surface area contributed by atoms with Gasteiger partial charge in [-0.25, -0.2) is 0 Å². The van der Waals surface area contributed by atoms with Gasteiger partial charge in [-0.05, 0) is 34.7 Å². The maximum atomic E-state index is 3.47. The number of hydrogen-bond acceptors (Lipinski definition) is 1. The van der Waals surface area contributed by atoms with Gasteiger partial charge in [0.15, 0.2) is 0 Å². The first-order valence-electron chi connectivity index (χ1n) is 4.46. The smallest absolute Gasteiger partial charge is 0.0283 e. The first-order valence-corrected chi connectivity index (χ1v) is 6.81. The van der Waals surface area contributed by atoms with E-state index in [9.17, 15) is 0 Å². The number of fused-ring (bicyclic) bond motifs is 1. The molecule has 0 saturated carbocycles. The van der Waals surface area contributed by atoms with Crippen LogP contribution in [-0.2, 0) is 5.33 Å². The molecule has 14 heavy (non-hydrogen) atoms. The molecule has 0 aromatic heterocycles. The molecule has 2 aromatic carbocycles. The van der Waals surface area contributed by atoms with Crippen LogP contribution < -0.4 is 0 Å². The lowest BCUT2D eigenvalue weighted by molar-refractivity contribution is 1.45. The zero-order valence-electron chi connectivity index (χ0n) is 7.96. The Bertz CT molecular complexity index is 408. The van der Waals surface area contributed by atoms with E-state index in [-0.39, 0.29) is 0 Å². The van der Waals surface area contributed by atoms with Gasteiger partial charge in [0.1, 0.15) is 0 Å². The molecule has 0 spiro atoms. The van der Waals surface area contributed by atoms with Crippen LogP contribution in [0, 0.1) is 0 Å². The average Bonchev–Trinajstić information content (AvgIpc) is 2.27. The Balaban J connectivity index is 2.57. The van der Waals surface area contributed by atoms with Gasteiger partial charge >= 0.3 is 0 Å². The topological polar surface area (TPSA) is 0 Å². The van der Waals surface area contributed by atoms with Crippen LogP contribution in [0.4, 0.5) is 0 Å². The van der Waals surface area contributed by atoms with Crippen molar-refractivity contribution in [1.82, 2.24) is 0 Å². The van der Waals surface area contributed by atoms with Gasteiger partial charge < -0.3 is 0 Å². The molecule has 0 atom stereocenters. The maximum absolute atomic E-state index is 3.47.